The number of aliphatic hydroxyl groups excluding tert-OH is 1. The molecule has 4 aromatic carbocycles. The van der Waals surface area contributed by atoms with E-state index < -0.39 is 35.8 Å². The summed E-state index contributed by atoms with van der Waals surface area (Å²) in [5.41, 5.74) is 8.77. The van der Waals surface area contributed by atoms with E-state index in [0.717, 1.165) is 6.07 Å². The number of alkyl halides is 3. The maximum absolute atomic E-state index is 14.6. The third-order valence-corrected chi connectivity index (χ3v) is 8.63. The molecule has 0 saturated carbocycles. The van der Waals surface area contributed by atoms with Gasteiger partial charge in [0.2, 0.25) is 5.90 Å². The summed E-state index contributed by atoms with van der Waals surface area (Å²) in [6, 6.07) is 26.3. The van der Waals surface area contributed by atoms with E-state index in [-0.39, 0.29) is 31.0 Å². The predicted octanol–water partition coefficient (Wildman–Crippen LogP) is 7.86. The molecule has 0 fully saturated rings. The molecule has 1 aliphatic heterocycles. The fourth-order valence-corrected chi connectivity index (χ4v) is 5.94. The van der Waals surface area contributed by atoms with E-state index in [0.29, 0.717) is 45.5 Å². The molecule has 4 aromatic rings. The van der Waals surface area contributed by atoms with Gasteiger partial charge in [0.05, 0.1) is 18.7 Å². The smallest absolute Gasteiger partial charge is 0.416 e. The van der Waals surface area contributed by atoms with Crippen LogP contribution in [0.3, 0.4) is 0 Å². The highest BCUT2D eigenvalue weighted by Crippen LogP contribution is 2.44. The third-order valence-electron chi connectivity index (χ3n) is 7.85. The quantitative estimate of drug-likeness (QED) is 0.0630. The molecule has 0 radical (unpaired) electrons. The molecule has 9 nitrogen and oxygen atoms in total. The van der Waals surface area contributed by atoms with Crippen molar-refractivity contribution in [2.45, 2.75) is 43.8 Å². The highest BCUT2D eigenvalue weighted by Gasteiger charge is 2.54. The van der Waals surface area contributed by atoms with Gasteiger partial charge in [-0.25, -0.2) is 4.99 Å². The second-order valence-corrected chi connectivity index (χ2v) is 11.8. The van der Waals surface area contributed by atoms with Crippen LogP contribution in [0.2, 0.25) is 0 Å². The van der Waals surface area contributed by atoms with Crippen molar-refractivity contribution in [2.75, 3.05) is 13.2 Å². The van der Waals surface area contributed by atoms with Crippen LogP contribution < -0.4 is 10.1 Å². The standard InChI is InChI=1S/C35H31BrF3N5O4/c36-30-13-6-3-8-24(30)20-34(33(46)41-21-26-10-2-5-12-29(26)35(37,38)39)31(28-11-4-1-9-25(28)22-42-44-40)48-32(43-34)23-14-16-27(17-15-23)47-19-7-18-45/h1-6,8-17,31,45H,7,18-22H2,(H,41,46)/t31-,34-/m1/s1. The maximum atomic E-state index is 14.6. The van der Waals surface area contributed by atoms with Crippen molar-refractivity contribution in [1.29, 1.82) is 0 Å². The van der Waals surface area contributed by atoms with Gasteiger partial charge >= 0.3 is 6.18 Å². The van der Waals surface area contributed by atoms with E-state index in [9.17, 15) is 18.0 Å². The lowest BCUT2D eigenvalue weighted by atomic mass is 9.80. The summed E-state index contributed by atoms with van der Waals surface area (Å²) in [6.07, 6.45) is -5.21. The zero-order valence-corrected chi connectivity index (χ0v) is 27.1. The van der Waals surface area contributed by atoms with Crippen LogP contribution in [0.1, 0.15) is 45.9 Å². The summed E-state index contributed by atoms with van der Waals surface area (Å²) in [5.74, 6) is 0.0405. The van der Waals surface area contributed by atoms with Crippen molar-refractivity contribution in [2.24, 2.45) is 10.1 Å². The number of hydrogen-bond acceptors (Lipinski definition) is 6. The third kappa shape index (κ3) is 7.82. The Balaban J connectivity index is 1.62. The van der Waals surface area contributed by atoms with E-state index in [2.05, 4.69) is 31.3 Å². The molecular weight excluding hydrogens is 691 g/mol. The van der Waals surface area contributed by atoms with E-state index in [1.54, 1.807) is 48.5 Å². The first-order valence-corrected chi connectivity index (χ1v) is 15.8. The Hall–Kier alpha value is -4.84. The fourth-order valence-electron chi connectivity index (χ4n) is 5.51. The normalized spacial score (nSPS) is 17.2. The van der Waals surface area contributed by atoms with E-state index in [1.807, 2.05) is 24.3 Å². The first kappa shape index (κ1) is 34.5. The van der Waals surface area contributed by atoms with Crippen molar-refractivity contribution in [3.05, 3.63) is 145 Å². The maximum Gasteiger partial charge on any atom is 0.416 e. The van der Waals surface area contributed by atoms with E-state index >= 15 is 0 Å². The Kier molecular flexibility index (Phi) is 11.0. The number of aliphatic hydroxyl groups is 1. The van der Waals surface area contributed by atoms with Crippen LogP contribution in [-0.4, -0.2) is 35.7 Å². The summed E-state index contributed by atoms with van der Waals surface area (Å²) in [5, 5.41) is 15.5. The summed E-state index contributed by atoms with van der Waals surface area (Å²) < 4.78 is 54.5. The summed E-state index contributed by atoms with van der Waals surface area (Å²) in [4.78, 5) is 22.4. The zero-order chi connectivity index (χ0) is 34.1. The average Bonchev–Trinajstić information content (AvgIpc) is 3.47. The molecule has 2 atom stereocenters. The van der Waals surface area contributed by atoms with Gasteiger partial charge in [-0.3, -0.25) is 4.79 Å². The van der Waals surface area contributed by atoms with Crippen LogP contribution in [0.4, 0.5) is 13.2 Å². The van der Waals surface area contributed by atoms with Gasteiger partial charge in [0.1, 0.15) is 5.75 Å². The van der Waals surface area contributed by atoms with Gasteiger partial charge in [-0.1, -0.05) is 81.7 Å². The van der Waals surface area contributed by atoms with Gasteiger partial charge in [0.25, 0.3) is 5.91 Å². The molecule has 248 valence electrons. The topological polar surface area (TPSA) is 129 Å². The molecular formula is C35H31BrF3N5O4. The Bertz CT molecular complexity index is 1830. The highest BCUT2D eigenvalue weighted by molar-refractivity contribution is 9.10. The van der Waals surface area contributed by atoms with Gasteiger partial charge in [-0.05, 0) is 64.2 Å². The number of nitrogens with one attached hydrogen (secondary N) is 1. The lowest BCUT2D eigenvalue weighted by molar-refractivity contribution is -0.138. The summed E-state index contributed by atoms with van der Waals surface area (Å²) >= 11 is 3.57. The first-order chi connectivity index (χ1) is 23.2. The number of aliphatic imine (C=N–C) groups is 1. The molecule has 1 amide bonds. The van der Waals surface area contributed by atoms with Crippen molar-refractivity contribution in [3.63, 3.8) is 0 Å². The molecule has 0 unspecified atom stereocenters. The fraction of sp³-hybridized carbons (Fsp3) is 0.257. The number of hydrogen-bond donors (Lipinski definition) is 2. The summed E-state index contributed by atoms with van der Waals surface area (Å²) in [6.45, 7) is -0.129. The van der Waals surface area contributed by atoms with Crippen LogP contribution >= 0.6 is 15.9 Å². The number of benzene rings is 4. The summed E-state index contributed by atoms with van der Waals surface area (Å²) in [7, 11) is 0. The lowest BCUT2D eigenvalue weighted by Gasteiger charge is -2.32. The Morgan fingerprint density at radius 1 is 1.00 bits per heavy atom. The number of carbonyl (C=O) groups is 1. The molecule has 5 rings (SSSR count). The van der Waals surface area contributed by atoms with Gasteiger partial charge < -0.3 is 19.9 Å². The van der Waals surface area contributed by atoms with Gasteiger partial charge in [-0.2, -0.15) is 13.2 Å². The lowest BCUT2D eigenvalue weighted by Crippen LogP contribution is -2.50. The number of nitrogens with zero attached hydrogens (tertiary/aromatic N) is 4. The molecule has 0 aromatic heterocycles. The average molecular weight is 723 g/mol. The molecule has 13 heteroatoms. The number of amides is 1. The monoisotopic (exact) mass is 721 g/mol. The number of rotatable bonds is 13. The number of azide groups is 1. The number of carbonyl (C=O) groups excluding carboxylic acids is 1. The molecule has 0 aliphatic carbocycles. The Morgan fingerprint density at radius 2 is 1.67 bits per heavy atom. The molecule has 0 bridgehead atoms. The zero-order valence-electron chi connectivity index (χ0n) is 25.5. The molecule has 48 heavy (non-hydrogen) atoms. The largest absolute Gasteiger partial charge is 0.494 e. The van der Waals surface area contributed by atoms with Crippen LogP contribution in [0.25, 0.3) is 10.4 Å². The van der Waals surface area contributed by atoms with Crippen molar-refractivity contribution >= 4 is 27.7 Å². The first-order valence-electron chi connectivity index (χ1n) is 15.0. The van der Waals surface area contributed by atoms with E-state index in [4.69, 9.17) is 25.1 Å². The van der Waals surface area contributed by atoms with Crippen LogP contribution in [-0.2, 0) is 35.2 Å². The van der Waals surface area contributed by atoms with Crippen LogP contribution in [0, 0.1) is 0 Å². The molecule has 0 spiro atoms. The number of ether oxygens (including phenoxy) is 2. The van der Waals surface area contributed by atoms with Gasteiger partial charge in [0.15, 0.2) is 11.6 Å². The Morgan fingerprint density at radius 3 is 2.35 bits per heavy atom. The van der Waals surface area contributed by atoms with Crippen molar-refractivity contribution in [3.8, 4) is 5.75 Å². The van der Waals surface area contributed by atoms with Crippen molar-refractivity contribution < 1.29 is 32.5 Å². The predicted molar refractivity (Wildman–Crippen MR) is 177 cm³/mol. The minimum Gasteiger partial charge on any atom is -0.494 e. The van der Waals surface area contributed by atoms with Gasteiger partial charge in [0, 0.05) is 40.9 Å². The molecule has 2 N–H and O–H groups in total. The highest BCUT2D eigenvalue weighted by atomic mass is 79.9. The van der Waals surface area contributed by atoms with Crippen LogP contribution in [0.15, 0.2) is 112 Å². The van der Waals surface area contributed by atoms with E-state index in [1.165, 1.54) is 18.2 Å². The molecule has 1 heterocycles. The molecule has 0 saturated heterocycles. The number of halogens is 4. The second kappa shape index (κ2) is 15.4. The SMILES string of the molecule is [N-]=[N+]=NCc1ccccc1[C@H]1OC(c2ccc(OCCCO)cc2)=N[C@@]1(Cc1ccccc1Br)C(=O)NCc1ccccc1C(F)(F)F. The van der Waals surface area contributed by atoms with Crippen molar-refractivity contribution in [1.82, 2.24) is 5.32 Å². The van der Waals surface area contributed by atoms with Crippen LogP contribution in [0.5, 0.6) is 5.75 Å². The molecule has 1 aliphatic rings. The Labute approximate surface area is 283 Å². The minimum absolute atomic E-state index is 0.00522. The van der Waals surface area contributed by atoms with Gasteiger partial charge in [-0.15, -0.1) is 0 Å². The minimum atomic E-state index is -4.62. The second-order valence-electron chi connectivity index (χ2n) is 11.0.